The maximum absolute atomic E-state index is 13.0. The minimum Gasteiger partial charge on any atom is -0.462 e. The monoisotopic (exact) mass is 423 g/mol. The van der Waals surface area contributed by atoms with Crippen LogP contribution in [0.2, 0.25) is 0 Å². The van der Waals surface area contributed by atoms with Crippen molar-refractivity contribution in [3.05, 3.63) is 47.3 Å². The molecule has 0 saturated heterocycles. The van der Waals surface area contributed by atoms with Crippen molar-refractivity contribution in [3.8, 4) is 5.69 Å². The Morgan fingerprint density at radius 2 is 1.93 bits per heavy atom. The quantitative estimate of drug-likeness (QED) is 0.732. The van der Waals surface area contributed by atoms with Crippen LogP contribution in [0.5, 0.6) is 0 Å². The zero-order valence-corrected chi connectivity index (χ0v) is 16.8. The number of hydrogen-bond acceptors (Lipinski definition) is 4. The number of amides is 1. The number of carbonyl (C=O) groups is 2. The number of nitrogens with zero attached hydrogens (tertiary/aromatic N) is 2. The van der Waals surface area contributed by atoms with Gasteiger partial charge >= 0.3 is 12.1 Å². The van der Waals surface area contributed by atoms with Gasteiger partial charge in [-0.2, -0.15) is 18.3 Å². The number of ether oxygens (including phenoxy) is 1. The second-order valence-corrected chi connectivity index (χ2v) is 7.40. The zero-order valence-electron chi connectivity index (χ0n) is 16.8. The molecule has 3 rings (SSSR count). The van der Waals surface area contributed by atoms with E-state index >= 15 is 0 Å². The number of aromatic nitrogens is 2. The summed E-state index contributed by atoms with van der Waals surface area (Å²) in [4.78, 5) is 24.4. The third kappa shape index (κ3) is 4.83. The van der Waals surface area contributed by atoms with E-state index in [0.29, 0.717) is 35.3 Å². The lowest BCUT2D eigenvalue weighted by Crippen LogP contribution is -2.41. The van der Waals surface area contributed by atoms with Crippen molar-refractivity contribution in [2.75, 3.05) is 6.61 Å². The third-order valence-corrected chi connectivity index (χ3v) is 5.35. The molecule has 30 heavy (non-hydrogen) atoms. The molecule has 1 aliphatic rings. The highest BCUT2D eigenvalue weighted by atomic mass is 19.4. The lowest BCUT2D eigenvalue weighted by atomic mass is 9.85. The fourth-order valence-corrected chi connectivity index (χ4v) is 3.72. The van der Waals surface area contributed by atoms with E-state index in [2.05, 4.69) is 10.4 Å². The summed E-state index contributed by atoms with van der Waals surface area (Å²) in [6.07, 6.45) is -1.80. The van der Waals surface area contributed by atoms with Gasteiger partial charge in [-0.15, -0.1) is 0 Å². The van der Waals surface area contributed by atoms with Crippen molar-refractivity contribution in [1.29, 1.82) is 0 Å². The molecule has 0 spiro atoms. The Kier molecular flexibility index (Phi) is 6.48. The molecular formula is C21H24F3N3O3. The average Bonchev–Trinajstić information content (AvgIpc) is 3.09. The van der Waals surface area contributed by atoms with Crippen LogP contribution in [0.25, 0.3) is 5.69 Å². The molecule has 1 aromatic heterocycles. The molecule has 0 bridgehead atoms. The van der Waals surface area contributed by atoms with Gasteiger partial charge in [0.2, 0.25) is 0 Å². The first-order chi connectivity index (χ1) is 14.2. The Morgan fingerprint density at radius 1 is 1.23 bits per heavy atom. The number of benzene rings is 1. The lowest BCUT2D eigenvalue weighted by molar-refractivity contribution is -0.183. The van der Waals surface area contributed by atoms with E-state index in [1.807, 2.05) is 0 Å². The van der Waals surface area contributed by atoms with Gasteiger partial charge in [0.15, 0.2) is 0 Å². The molecule has 9 heteroatoms. The van der Waals surface area contributed by atoms with Crippen molar-refractivity contribution >= 4 is 11.9 Å². The van der Waals surface area contributed by atoms with Gasteiger partial charge in [0.25, 0.3) is 5.91 Å². The third-order valence-electron chi connectivity index (χ3n) is 5.35. The number of rotatable bonds is 5. The largest absolute Gasteiger partial charge is 0.462 e. The summed E-state index contributed by atoms with van der Waals surface area (Å²) in [5.74, 6) is -2.23. The van der Waals surface area contributed by atoms with E-state index in [9.17, 15) is 22.8 Å². The van der Waals surface area contributed by atoms with Gasteiger partial charge in [-0.05, 0) is 57.4 Å². The normalized spacial score (nSPS) is 19.4. The summed E-state index contributed by atoms with van der Waals surface area (Å²) < 4.78 is 45.4. The predicted molar refractivity (Wildman–Crippen MR) is 104 cm³/mol. The molecule has 2 unspecified atom stereocenters. The van der Waals surface area contributed by atoms with E-state index in [0.717, 1.165) is 0 Å². The summed E-state index contributed by atoms with van der Waals surface area (Å²) >= 11 is 0. The minimum atomic E-state index is -4.23. The van der Waals surface area contributed by atoms with Gasteiger partial charge in [-0.1, -0.05) is 6.42 Å². The first-order valence-corrected chi connectivity index (χ1v) is 9.90. The van der Waals surface area contributed by atoms with E-state index in [1.165, 1.54) is 6.20 Å². The van der Waals surface area contributed by atoms with Crippen molar-refractivity contribution in [3.63, 3.8) is 0 Å². The first kappa shape index (κ1) is 21.9. The van der Waals surface area contributed by atoms with Crippen LogP contribution in [0.3, 0.4) is 0 Å². The standard InChI is InChI=1S/C21H24F3N3O3/c1-3-30-20(29)18-12-25-27(13(18)2)17-9-7-14(8-10-17)19(28)26-16-6-4-5-15(11-16)21(22,23)24/h7-10,12,15-16H,3-6,11H2,1-2H3,(H,26,28). The van der Waals surface area contributed by atoms with Crippen molar-refractivity contribution in [2.24, 2.45) is 5.92 Å². The number of carbonyl (C=O) groups excluding carboxylic acids is 2. The molecule has 2 aromatic rings. The summed E-state index contributed by atoms with van der Waals surface area (Å²) in [5.41, 5.74) is 1.96. The molecule has 1 N–H and O–H groups in total. The van der Waals surface area contributed by atoms with E-state index in [1.54, 1.807) is 42.8 Å². The number of nitrogens with one attached hydrogen (secondary N) is 1. The van der Waals surface area contributed by atoms with Crippen LogP contribution in [0, 0.1) is 12.8 Å². The SMILES string of the molecule is CCOC(=O)c1cnn(-c2ccc(C(=O)NC3CCCC(C(F)(F)F)C3)cc2)c1C. The van der Waals surface area contributed by atoms with Crippen LogP contribution in [0.1, 0.15) is 59.0 Å². The second-order valence-electron chi connectivity index (χ2n) is 7.40. The van der Waals surface area contributed by atoms with Gasteiger partial charge in [-0.25, -0.2) is 9.48 Å². The zero-order chi connectivity index (χ0) is 21.9. The Bertz CT molecular complexity index is 906. The molecule has 1 heterocycles. The van der Waals surface area contributed by atoms with Crippen LogP contribution < -0.4 is 5.32 Å². The smallest absolute Gasteiger partial charge is 0.391 e. The number of alkyl halides is 3. The maximum Gasteiger partial charge on any atom is 0.391 e. The van der Waals surface area contributed by atoms with Crippen molar-refractivity contribution in [1.82, 2.24) is 15.1 Å². The maximum atomic E-state index is 13.0. The van der Waals surface area contributed by atoms with Gasteiger partial charge < -0.3 is 10.1 Å². The van der Waals surface area contributed by atoms with Crippen LogP contribution in [0.15, 0.2) is 30.5 Å². The lowest BCUT2D eigenvalue weighted by Gasteiger charge is -2.31. The Balaban J connectivity index is 1.67. The van der Waals surface area contributed by atoms with Gasteiger partial charge in [-0.3, -0.25) is 4.79 Å². The molecule has 2 atom stereocenters. The van der Waals surface area contributed by atoms with Crippen LogP contribution >= 0.6 is 0 Å². The molecule has 1 aliphatic carbocycles. The molecule has 0 aliphatic heterocycles. The van der Waals surface area contributed by atoms with Crippen LogP contribution in [-0.4, -0.2) is 40.5 Å². The molecule has 1 fully saturated rings. The average molecular weight is 423 g/mol. The van der Waals surface area contributed by atoms with Crippen molar-refractivity contribution in [2.45, 2.75) is 51.7 Å². The minimum absolute atomic E-state index is 0.0869. The van der Waals surface area contributed by atoms with Gasteiger partial charge in [0.1, 0.15) is 5.56 Å². The molecular weight excluding hydrogens is 399 g/mol. The van der Waals surface area contributed by atoms with Gasteiger partial charge in [0, 0.05) is 11.6 Å². The first-order valence-electron chi connectivity index (χ1n) is 9.90. The summed E-state index contributed by atoms with van der Waals surface area (Å²) in [6.45, 7) is 3.72. The fraction of sp³-hybridized carbons (Fsp3) is 0.476. The highest BCUT2D eigenvalue weighted by Gasteiger charge is 2.42. The molecule has 1 amide bonds. The van der Waals surface area contributed by atoms with E-state index in [-0.39, 0.29) is 19.4 Å². The number of halogens is 3. The van der Waals surface area contributed by atoms with E-state index in [4.69, 9.17) is 4.74 Å². The number of hydrogen-bond donors (Lipinski definition) is 1. The molecule has 1 saturated carbocycles. The predicted octanol–water partition coefficient (Wildman–Crippen LogP) is 4.21. The Labute approximate surface area is 172 Å². The number of esters is 1. The molecule has 0 radical (unpaired) electrons. The highest BCUT2D eigenvalue weighted by molar-refractivity contribution is 5.94. The van der Waals surface area contributed by atoms with Crippen molar-refractivity contribution < 1.29 is 27.5 Å². The highest BCUT2D eigenvalue weighted by Crippen LogP contribution is 2.37. The molecule has 6 nitrogen and oxygen atoms in total. The summed E-state index contributed by atoms with van der Waals surface area (Å²) in [5, 5.41) is 6.92. The Hall–Kier alpha value is -2.84. The van der Waals surface area contributed by atoms with E-state index < -0.39 is 30.0 Å². The molecule has 162 valence electrons. The fourth-order valence-electron chi connectivity index (χ4n) is 3.72. The Morgan fingerprint density at radius 3 is 2.57 bits per heavy atom. The molecule has 1 aromatic carbocycles. The topological polar surface area (TPSA) is 73.2 Å². The van der Waals surface area contributed by atoms with Gasteiger partial charge in [0.05, 0.1) is 30.1 Å². The summed E-state index contributed by atoms with van der Waals surface area (Å²) in [6, 6.07) is 6.02. The van der Waals surface area contributed by atoms with Crippen LogP contribution in [-0.2, 0) is 4.74 Å². The summed E-state index contributed by atoms with van der Waals surface area (Å²) in [7, 11) is 0. The van der Waals surface area contributed by atoms with Crippen LogP contribution in [0.4, 0.5) is 13.2 Å². The second kappa shape index (κ2) is 8.89.